The molecule has 0 amide bonds. The van der Waals surface area contributed by atoms with Crippen molar-refractivity contribution in [1.29, 1.82) is 0 Å². The molecule has 1 atom stereocenters. The van der Waals surface area contributed by atoms with Crippen LogP contribution < -0.4 is 5.32 Å². The van der Waals surface area contributed by atoms with Crippen LogP contribution in [0.15, 0.2) is 18.3 Å². The third kappa shape index (κ3) is 3.87. The molecule has 90 valence electrons. The van der Waals surface area contributed by atoms with E-state index in [2.05, 4.69) is 24.1 Å². The Morgan fingerprint density at radius 1 is 1.50 bits per heavy atom. The van der Waals surface area contributed by atoms with Crippen LogP contribution >= 0.6 is 0 Å². The lowest BCUT2D eigenvalue weighted by Crippen LogP contribution is -2.37. The van der Waals surface area contributed by atoms with Crippen molar-refractivity contribution in [3.05, 3.63) is 29.8 Å². The number of hydrogen-bond donors (Lipinski definition) is 2. The average molecular weight is 226 g/mol. The summed E-state index contributed by atoms with van der Waals surface area (Å²) in [7, 11) is 0. The SMILES string of the molecule is CC(C)CNCC(C)(O)c1ccc(F)cn1. The molecule has 0 bridgehead atoms. The number of aliphatic hydroxyl groups is 1. The van der Waals surface area contributed by atoms with Gasteiger partial charge in [0.15, 0.2) is 0 Å². The number of hydrogen-bond acceptors (Lipinski definition) is 3. The molecule has 0 saturated carbocycles. The maximum Gasteiger partial charge on any atom is 0.141 e. The molecule has 1 aromatic heterocycles. The molecule has 0 spiro atoms. The second-order valence-corrected chi connectivity index (χ2v) is 4.66. The highest BCUT2D eigenvalue weighted by molar-refractivity contribution is 5.13. The van der Waals surface area contributed by atoms with Gasteiger partial charge < -0.3 is 10.4 Å². The van der Waals surface area contributed by atoms with Gasteiger partial charge in [0.05, 0.1) is 11.9 Å². The molecule has 1 rings (SSSR count). The van der Waals surface area contributed by atoms with E-state index in [-0.39, 0.29) is 0 Å². The van der Waals surface area contributed by atoms with Gasteiger partial charge in [0, 0.05) is 6.54 Å². The lowest BCUT2D eigenvalue weighted by Gasteiger charge is -2.23. The molecule has 1 unspecified atom stereocenters. The summed E-state index contributed by atoms with van der Waals surface area (Å²) in [6.07, 6.45) is 1.12. The van der Waals surface area contributed by atoms with E-state index in [1.165, 1.54) is 12.1 Å². The minimum Gasteiger partial charge on any atom is -0.383 e. The highest BCUT2D eigenvalue weighted by Gasteiger charge is 2.24. The second-order valence-electron chi connectivity index (χ2n) is 4.66. The fraction of sp³-hybridized carbons (Fsp3) is 0.583. The Morgan fingerprint density at radius 3 is 2.69 bits per heavy atom. The summed E-state index contributed by atoms with van der Waals surface area (Å²) in [6.45, 7) is 7.09. The van der Waals surface area contributed by atoms with Crippen molar-refractivity contribution >= 4 is 0 Å². The van der Waals surface area contributed by atoms with E-state index in [1.54, 1.807) is 6.92 Å². The van der Waals surface area contributed by atoms with Gasteiger partial charge >= 0.3 is 0 Å². The largest absolute Gasteiger partial charge is 0.383 e. The first-order chi connectivity index (χ1) is 7.42. The minimum atomic E-state index is -1.07. The van der Waals surface area contributed by atoms with Gasteiger partial charge in [-0.25, -0.2) is 4.39 Å². The number of halogens is 1. The van der Waals surface area contributed by atoms with Crippen molar-refractivity contribution in [3.63, 3.8) is 0 Å². The first kappa shape index (κ1) is 13.1. The van der Waals surface area contributed by atoms with E-state index in [1.807, 2.05) is 0 Å². The fourth-order valence-electron chi connectivity index (χ4n) is 1.39. The number of aromatic nitrogens is 1. The molecule has 0 aliphatic heterocycles. The van der Waals surface area contributed by atoms with Gasteiger partial charge in [0.1, 0.15) is 11.4 Å². The summed E-state index contributed by atoms with van der Waals surface area (Å²) in [5.41, 5.74) is -0.590. The zero-order chi connectivity index (χ0) is 12.2. The molecule has 2 N–H and O–H groups in total. The smallest absolute Gasteiger partial charge is 0.141 e. The molecular weight excluding hydrogens is 207 g/mol. The molecule has 4 heteroatoms. The monoisotopic (exact) mass is 226 g/mol. The number of nitrogens with one attached hydrogen (secondary N) is 1. The van der Waals surface area contributed by atoms with Crippen molar-refractivity contribution in [3.8, 4) is 0 Å². The summed E-state index contributed by atoms with van der Waals surface area (Å²) < 4.78 is 12.7. The third-order valence-electron chi connectivity index (χ3n) is 2.30. The topological polar surface area (TPSA) is 45.1 Å². The van der Waals surface area contributed by atoms with Gasteiger partial charge in [-0.15, -0.1) is 0 Å². The van der Waals surface area contributed by atoms with Crippen LogP contribution in [0.1, 0.15) is 26.5 Å². The molecule has 0 aliphatic rings. The summed E-state index contributed by atoms with van der Waals surface area (Å²) in [5.74, 6) is 0.131. The number of pyridine rings is 1. The standard InChI is InChI=1S/C12H19FN2O/c1-9(2)6-14-8-12(3,16)11-5-4-10(13)7-15-11/h4-5,7,9,14,16H,6,8H2,1-3H3. The van der Waals surface area contributed by atoms with Crippen molar-refractivity contribution in [2.45, 2.75) is 26.4 Å². The Kier molecular flexibility index (Phi) is 4.38. The lowest BCUT2D eigenvalue weighted by molar-refractivity contribution is 0.0518. The third-order valence-corrected chi connectivity index (χ3v) is 2.30. The van der Waals surface area contributed by atoms with Crippen LogP contribution in [-0.2, 0) is 5.60 Å². The van der Waals surface area contributed by atoms with Gasteiger partial charge in [-0.1, -0.05) is 13.8 Å². The predicted octanol–water partition coefficient (Wildman–Crippen LogP) is 1.67. The zero-order valence-corrected chi connectivity index (χ0v) is 10.00. The van der Waals surface area contributed by atoms with E-state index in [4.69, 9.17) is 0 Å². The highest BCUT2D eigenvalue weighted by Crippen LogP contribution is 2.17. The summed E-state index contributed by atoms with van der Waals surface area (Å²) in [5, 5.41) is 13.3. The zero-order valence-electron chi connectivity index (χ0n) is 10.00. The van der Waals surface area contributed by atoms with Crippen molar-refractivity contribution < 1.29 is 9.50 Å². The minimum absolute atomic E-state index is 0.394. The maximum absolute atomic E-state index is 12.7. The molecule has 0 fully saturated rings. The Hall–Kier alpha value is -1.00. The molecule has 0 aromatic carbocycles. The van der Waals surface area contributed by atoms with Crippen molar-refractivity contribution in [1.82, 2.24) is 10.3 Å². The van der Waals surface area contributed by atoms with Crippen LogP contribution in [0.3, 0.4) is 0 Å². The summed E-state index contributed by atoms with van der Waals surface area (Å²) in [6, 6.07) is 2.81. The Bertz CT molecular complexity index is 322. The number of rotatable bonds is 5. The van der Waals surface area contributed by atoms with E-state index < -0.39 is 11.4 Å². The van der Waals surface area contributed by atoms with Crippen LogP contribution in [0.5, 0.6) is 0 Å². The van der Waals surface area contributed by atoms with Gasteiger partial charge in [-0.3, -0.25) is 4.98 Å². The molecule has 1 aromatic rings. The summed E-state index contributed by atoms with van der Waals surface area (Å²) in [4.78, 5) is 3.88. The summed E-state index contributed by atoms with van der Waals surface area (Å²) >= 11 is 0. The number of nitrogens with zero attached hydrogens (tertiary/aromatic N) is 1. The lowest BCUT2D eigenvalue weighted by atomic mass is 10.0. The van der Waals surface area contributed by atoms with Crippen molar-refractivity contribution in [2.24, 2.45) is 5.92 Å². The van der Waals surface area contributed by atoms with Crippen LogP contribution in [-0.4, -0.2) is 23.2 Å². The molecule has 0 saturated heterocycles. The molecular formula is C12H19FN2O. The highest BCUT2D eigenvalue weighted by atomic mass is 19.1. The first-order valence-corrected chi connectivity index (χ1v) is 5.47. The van der Waals surface area contributed by atoms with E-state index in [9.17, 15) is 9.50 Å². The average Bonchev–Trinajstić information content (AvgIpc) is 2.17. The van der Waals surface area contributed by atoms with E-state index in [0.717, 1.165) is 12.7 Å². The first-order valence-electron chi connectivity index (χ1n) is 5.47. The fourth-order valence-corrected chi connectivity index (χ4v) is 1.39. The normalized spacial score (nSPS) is 15.1. The Labute approximate surface area is 95.7 Å². The molecule has 0 radical (unpaired) electrons. The van der Waals surface area contributed by atoms with Crippen LogP contribution in [0.25, 0.3) is 0 Å². The predicted molar refractivity (Wildman–Crippen MR) is 61.5 cm³/mol. The van der Waals surface area contributed by atoms with E-state index in [0.29, 0.717) is 18.2 Å². The molecule has 16 heavy (non-hydrogen) atoms. The molecule has 0 aliphatic carbocycles. The Morgan fingerprint density at radius 2 is 2.19 bits per heavy atom. The van der Waals surface area contributed by atoms with Crippen LogP contribution in [0.4, 0.5) is 4.39 Å². The van der Waals surface area contributed by atoms with Crippen LogP contribution in [0.2, 0.25) is 0 Å². The van der Waals surface area contributed by atoms with E-state index >= 15 is 0 Å². The second kappa shape index (κ2) is 5.37. The maximum atomic E-state index is 12.7. The van der Waals surface area contributed by atoms with Gasteiger partial charge in [0.25, 0.3) is 0 Å². The van der Waals surface area contributed by atoms with Gasteiger partial charge in [0.2, 0.25) is 0 Å². The van der Waals surface area contributed by atoms with Gasteiger partial charge in [-0.05, 0) is 31.5 Å². The molecule has 3 nitrogen and oxygen atoms in total. The molecule has 1 heterocycles. The van der Waals surface area contributed by atoms with Crippen LogP contribution in [0, 0.1) is 11.7 Å². The van der Waals surface area contributed by atoms with Crippen molar-refractivity contribution in [2.75, 3.05) is 13.1 Å². The Balaban J connectivity index is 2.59. The quantitative estimate of drug-likeness (QED) is 0.803. The van der Waals surface area contributed by atoms with Gasteiger partial charge in [-0.2, -0.15) is 0 Å².